The Labute approximate surface area is 70.1 Å². The van der Waals surface area contributed by atoms with Gasteiger partial charge < -0.3 is 5.11 Å². The van der Waals surface area contributed by atoms with E-state index in [1.165, 1.54) is 6.92 Å². The van der Waals surface area contributed by atoms with Crippen molar-refractivity contribution >= 4 is 0 Å². The molecule has 0 aliphatic heterocycles. The Morgan fingerprint density at radius 1 is 1.30 bits per heavy atom. The van der Waals surface area contributed by atoms with Gasteiger partial charge in [0.05, 0.1) is 6.10 Å². The van der Waals surface area contributed by atoms with Gasteiger partial charge in [0.1, 0.15) is 0 Å². The highest BCUT2D eigenvalue weighted by atomic mass is 16.3. The zero-order chi connectivity index (χ0) is 11.4. The second kappa shape index (κ2) is 7.07. The summed E-state index contributed by atoms with van der Waals surface area (Å²) in [4.78, 5) is 0. The Balaban J connectivity index is 4.16. The minimum absolute atomic E-state index is 0.218. The van der Waals surface area contributed by atoms with Gasteiger partial charge in [-0.2, -0.15) is 0 Å². The van der Waals surface area contributed by atoms with E-state index in [4.69, 9.17) is 5.48 Å². The van der Waals surface area contributed by atoms with Crippen LogP contribution in [0.25, 0.3) is 0 Å². The molecule has 1 heteroatoms. The van der Waals surface area contributed by atoms with Crippen LogP contribution >= 0.6 is 0 Å². The van der Waals surface area contributed by atoms with Crippen LogP contribution in [0.1, 0.15) is 57.8 Å². The van der Waals surface area contributed by atoms with Crippen molar-refractivity contribution in [3.63, 3.8) is 0 Å². The highest BCUT2D eigenvalue weighted by Crippen LogP contribution is 2.06. The fourth-order valence-corrected chi connectivity index (χ4v) is 0.716. The van der Waals surface area contributed by atoms with Gasteiger partial charge in [0.15, 0.2) is 0 Å². The maximum Gasteiger partial charge on any atom is 0.0537 e. The molecule has 10 heavy (non-hydrogen) atoms. The summed E-state index contributed by atoms with van der Waals surface area (Å²) in [5.74, 6) is 0. The fourth-order valence-electron chi connectivity index (χ4n) is 0.716. The molecule has 0 saturated carbocycles. The van der Waals surface area contributed by atoms with Crippen molar-refractivity contribution in [1.82, 2.24) is 0 Å². The van der Waals surface area contributed by atoms with Crippen molar-refractivity contribution in [2.24, 2.45) is 0 Å². The Bertz CT molecular complexity index is 165. The van der Waals surface area contributed by atoms with Crippen molar-refractivity contribution in [3.8, 4) is 0 Å². The first-order valence-corrected chi connectivity index (χ1v) is 3.90. The lowest BCUT2D eigenvalue weighted by Gasteiger charge is -2.05. The second-order valence-corrected chi connectivity index (χ2v) is 2.35. The lowest BCUT2D eigenvalue weighted by atomic mass is 10.1. The van der Waals surface area contributed by atoms with Gasteiger partial charge in [0.2, 0.25) is 0 Å². The maximum absolute atomic E-state index is 9.46. The molecule has 0 radical (unpaired) electrons. The van der Waals surface area contributed by atoms with Gasteiger partial charge in [-0.25, -0.2) is 0 Å². The summed E-state index contributed by atoms with van der Waals surface area (Å²) in [7, 11) is 0. The topological polar surface area (TPSA) is 20.2 Å². The van der Waals surface area contributed by atoms with E-state index in [0.29, 0.717) is 6.42 Å². The average molecular weight is 148 g/mol. The Kier molecular flexibility index (Phi) is 3.37. The number of rotatable bonds is 6. The van der Waals surface area contributed by atoms with Gasteiger partial charge >= 0.3 is 0 Å². The average Bonchev–Trinajstić information content (AvgIpc) is 2.01. The number of hydrogen-bond acceptors (Lipinski definition) is 1. The molecule has 1 nitrogen and oxygen atoms in total. The number of aliphatic hydroxyl groups is 1. The van der Waals surface area contributed by atoms with E-state index < -0.39 is 18.8 Å². The van der Waals surface area contributed by atoms with Gasteiger partial charge in [0.25, 0.3) is 0 Å². The molecule has 0 amide bonds. The Hall–Kier alpha value is -0.0400. The molecular weight excluding hydrogens is 124 g/mol. The van der Waals surface area contributed by atoms with Crippen LogP contribution in [0, 0.1) is 0 Å². The fraction of sp³-hybridized carbons (Fsp3) is 1.00. The third kappa shape index (κ3) is 6.09. The molecule has 1 N–H and O–H groups in total. The van der Waals surface area contributed by atoms with Crippen molar-refractivity contribution < 1.29 is 10.6 Å². The lowest BCUT2D eigenvalue weighted by Crippen LogP contribution is -2.03. The minimum atomic E-state index is -1.88. The smallest absolute Gasteiger partial charge is 0.0537 e. The number of aliphatic hydroxyl groups excluding tert-OH is 1. The van der Waals surface area contributed by atoms with Crippen LogP contribution in [0.2, 0.25) is 0 Å². The van der Waals surface area contributed by atoms with E-state index in [9.17, 15) is 5.11 Å². The zero-order valence-corrected chi connectivity index (χ0v) is 6.85. The predicted octanol–water partition coefficient (Wildman–Crippen LogP) is 2.73. The summed E-state index contributed by atoms with van der Waals surface area (Å²) < 4.78 is 29.6. The van der Waals surface area contributed by atoms with Gasteiger partial charge in [-0.05, 0) is 12.7 Å². The molecule has 0 bridgehead atoms. The summed E-state index contributed by atoms with van der Waals surface area (Å²) in [6, 6.07) is 0. The first-order valence-electron chi connectivity index (χ1n) is 5.90. The van der Waals surface area contributed by atoms with E-state index in [1.54, 1.807) is 0 Å². The van der Waals surface area contributed by atoms with Crippen molar-refractivity contribution in [2.45, 2.75) is 58.4 Å². The largest absolute Gasteiger partial charge is 0.393 e. The molecule has 0 aromatic rings. The molecule has 0 fully saturated rings. The van der Waals surface area contributed by atoms with Crippen LogP contribution < -0.4 is 0 Å². The summed E-state index contributed by atoms with van der Waals surface area (Å²) >= 11 is 0. The molecule has 0 aromatic carbocycles. The van der Waals surface area contributed by atoms with Gasteiger partial charge in [-0.1, -0.05) is 39.5 Å². The summed E-state index contributed by atoms with van der Waals surface area (Å²) in [6.07, 6.45) is -2.44. The molecule has 1 atom stereocenters. The van der Waals surface area contributed by atoms with Crippen LogP contribution in [-0.4, -0.2) is 11.2 Å². The summed E-state index contributed by atoms with van der Waals surface area (Å²) in [5, 5.41) is 9.46. The highest BCUT2D eigenvalue weighted by molar-refractivity contribution is 4.51. The lowest BCUT2D eigenvalue weighted by molar-refractivity contribution is 0.156. The minimum Gasteiger partial charge on any atom is -0.393 e. The van der Waals surface area contributed by atoms with Crippen molar-refractivity contribution in [1.29, 1.82) is 0 Å². The molecule has 0 unspecified atom stereocenters. The molecule has 0 aliphatic carbocycles. The van der Waals surface area contributed by atoms with Gasteiger partial charge in [-0.3, -0.25) is 0 Å². The SMILES string of the molecule is [2H]C([2H])(C)[C@H](O)C([2H])([2H])CCCCC. The molecular formula is C9H20O. The third-order valence-corrected chi connectivity index (χ3v) is 1.39. The first kappa shape index (κ1) is 4.76. The quantitative estimate of drug-likeness (QED) is 0.574. The Morgan fingerprint density at radius 3 is 2.50 bits per heavy atom. The monoisotopic (exact) mass is 148 g/mol. The van der Waals surface area contributed by atoms with Gasteiger partial charge in [-0.15, -0.1) is 0 Å². The van der Waals surface area contributed by atoms with E-state index >= 15 is 0 Å². The maximum atomic E-state index is 9.46. The number of hydrogen-bond donors (Lipinski definition) is 1. The van der Waals surface area contributed by atoms with E-state index in [1.807, 2.05) is 6.92 Å². The molecule has 0 rings (SSSR count). The van der Waals surface area contributed by atoms with Crippen molar-refractivity contribution in [2.75, 3.05) is 0 Å². The van der Waals surface area contributed by atoms with Gasteiger partial charge in [0, 0.05) is 5.48 Å². The van der Waals surface area contributed by atoms with Crippen LogP contribution in [0.4, 0.5) is 0 Å². The first-order chi connectivity index (χ1) is 6.22. The zero-order valence-electron chi connectivity index (χ0n) is 10.9. The summed E-state index contributed by atoms with van der Waals surface area (Å²) in [6.45, 7) is 3.22. The Morgan fingerprint density at radius 2 is 2.00 bits per heavy atom. The highest BCUT2D eigenvalue weighted by Gasteiger charge is 1.98. The second-order valence-electron chi connectivity index (χ2n) is 2.35. The third-order valence-electron chi connectivity index (χ3n) is 1.39. The van der Waals surface area contributed by atoms with Crippen LogP contribution in [0.5, 0.6) is 0 Å². The summed E-state index contributed by atoms with van der Waals surface area (Å²) in [5.41, 5.74) is 0. The normalized spacial score (nSPS) is 22.3. The standard InChI is InChI=1S/C9H20O/c1-3-5-6-7-8-9(10)4-2/h9-10H,3-8H2,1-2H3/t9-/m0/s1/i4D2,8D2. The van der Waals surface area contributed by atoms with E-state index in [0.717, 1.165) is 12.8 Å². The molecule has 62 valence electrons. The van der Waals surface area contributed by atoms with Crippen LogP contribution in [0.3, 0.4) is 0 Å². The molecule has 0 spiro atoms. The van der Waals surface area contributed by atoms with Crippen molar-refractivity contribution in [3.05, 3.63) is 0 Å². The number of unbranched alkanes of at least 4 members (excludes halogenated alkanes) is 2. The molecule has 0 aliphatic rings. The molecule has 0 aromatic heterocycles. The van der Waals surface area contributed by atoms with E-state index in [-0.39, 0.29) is 6.42 Å². The molecule has 0 heterocycles. The van der Waals surface area contributed by atoms with Crippen LogP contribution in [-0.2, 0) is 0 Å². The predicted molar refractivity (Wildman–Crippen MR) is 45.1 cm³/mol. The van der Waals surface area contributed by atoms with E-state index in [2.05, 4.69) is 0 Å². The molecule has 0 saturated heterocycles. The van der Waals surface area contributed by atoms with Crippen LogP contribution in [0.15, 0.2) is 0 Å².